The average Bonchev–Trinajstić information content (AvgIpc) is 2.89. The first-order valence-corrected chi connectivity index (χ1v) is 11.4. The fourth-order valence-electron chi connectivity index (χ4n) is 3.66. The number of rotatable bonds is 9. The van der Waals surface area contributed by atoms with Crippen LogP contribution in [0, 0.1) is 0 Å². The second kappa shape index (κ2) is 11.7. The molecule has 0 saturated heterocycles. The van der Waals surface area contributed by atoms with E-state index in [9.17, 15) is 31.1 Å². The summed E-state index contributed by atoms with van der Waals surface area (Å²) in [6, 6.07) is 18.6. The summed E-state index contributed by atoms with van der Waals surface area (Å²) in [6.45, 7) is 4.71. The number of hydrogen-bond acceptors (Lipinski definition) is 3. The van der Waals surface area contributed by atoms with Crippen LogP contribution in [-0.4, -0.2) is 12.7 Å². The largest absolute Gasteiger partial charge is 0.445 e. The number of ether oxygens (including phenoxy) is 2. The van der Waals surface area contributed by atoms with Crippen LogP contribution in [0.25, 0.3) is 0 Å². The lowest BCUT2D eigenvalue weighted by Crippen LogP contribution is -2.48. The molecule has 0 bridgehead atoms. The van der Waals surface area contributed by atoms with Crippen LogP contribution in [0.2, 0.25) is 0 Å². The van der Waals surface area contributed by atoms with Crippen molar-refractivity contribution in [1.29, 1.82) is 0 Å². The molecular formula is C28H25F6NO3. The topological polar surface area (TPSA) is 47.6 Å². The van der Waals surface area contributed by atoms with Crippen LogP contribution in [0.4, 0.5) is 31.1 Å². The molecule has 202 valence electrons. The van der Waals surface area contributed by atoms with Gasteiger partial charge in [0.25, 0.3) is 0 Å². The third kappa shape index (κ3) is 7.38. The standard InChI is InChI=1S/C28H25F6NO3/c1-3-26(22-12-8-5-9-13-22,35-25(36)37-17-20-10-6-4-7-11-20)18-38-19(2)21-14-23(27(29,30)31)16-24(15-21)28(32,33)34/h3-16,19H,1,17-18H2,2H3,(H,35,36)/t19?,26-/m1/s1. The fourth-order valence-corrected chi connectivity index (χ4v) is 3.66. The van der Waals surface area contributed by atoms with Gasteiger partial charge in [-0.05, 0) is 41.8 Å². The number of hydrogen-bond donors (Lipinski definition) is 1. The van der Waals surface area contributed by atoms with Gasteiger partial charge in [-0.2, -0.15) is 26.3 Å². The van der Waals surface area contributed by atoms with Crippen molar-refractivity contribution in [2.45, 2.75) is 37.5 Å². The summed E-state index contributed by atoms with van der Waals surface area (Å²) in [5.41, 5.74) is -3.38. The van der Waals surface area contributed by atoms with E-state index in [0.717, 1.165) is 5.56 Å². The first-order valence-electron chi connectivity index (χ1n) is 11.4. The summed E-state index contributed by atoms with van der Waals surface area (Å²) < 4.78 is 90.9. The minimum Gasteiger partial charge on any atom is -0.445 e. The third-order valence-electron chi connectivity index (χ3n) is 5.82. The van der Waals surface area contributed by atoms with E-state index < -0.39 is 41.2 Å². The van der Waals surface area contributed by atoms with Gasteiger partial charge >= 0.3 is 18.4 Å². The smallest absolute Gasteiger partial charge is 0.416 e. The Morgan fingerprint density at radius 1 is 0.868 bits per heavy atom. The molecule has 1 N–H and O–H groups in total. The summed E-state index contributed by atoms with van der Waals surface area (Å²) in [7, 11) is 0. The molecule has 1 amide bonds. The lowest BCUT2D eigenvalue weighted by Gasteiger charge is -2.33. The van der Waals surface area contributed by atoms with Gasteiger partial charge in [0.2, 0.25) is 0 Å². The highest BCUT2D eigenvalue weighted by Crippen LogP contribution is 2.38. The van der Waals surface area contributed by atoms with Gasteiger partial charge in [-0.15, -0.1) is 6.58 Å². The molecule has 38 heavy (non-hydrogen) atoms. The maximum atomic E-state index is 13.3. The van der Waals surface area contributed by atoms with Crippen LogP contribution in [0.1, 0.15) is 40.8 Å². The second-order valence-electron chi connectivity index (χ2n) is 8.52. The van der Waals surface area contributed by atoms with Crippen molar-refractivity contribution >= 4 is 6.09 Å². The number of carbonyl (C=O) groups is 1. The van der Waals surface area contributed by atoms with Gasteiger partial charge in [-0.1, -0.05) is 66.7 Å². The molecule has 4 nitrogen and oxygen atoms in total. The highest BCUT2D eigenvalue weighted by atomic mass is 19.4. The van der Waals surface area contributed by atoms with Crippen molar-refractivity contribution in [1.82, 2.24) is 5.32 Å². The quantitative estimate of drug-likeness (QED) is 0.224. The summed E-state index contributed by atoms with van der Waals surface area (Å²) >= 11 is 0. The number of alkyl carbamates (subject to hydrolysis) is 1. The minimum absolute atomic E-state index is 0.0313. The van der Waals surface area contributed by atoms with Gasteiger partial charge in [0.05, 0.1) is 23.8 Å². The van der Waals surface area contributed by atoms with E-state index in [1.165, 1.54) is 13.0 Å². The van der Waals surface area contributed by atoms with Gasteiger partial charge in [0.1, 0.15) is 12.1 Å². The Bertz CT molecular complexity index is 1200. The van der Waals surface area contributed by atoms with E-state index in [-0.39, 0.29) is 24.8 Å². The molecule has 0 aliphatic rings. The molecular weight excluding hydrogens is 512 g/mol. The van der Waals surface area contributed by atoms with Gasteiger partial charge in [0.15, 0.2) is 0 Å². The fraction of sp³-hybridized carbons (Fsp3) is 0.250. The number of alkyl halides is 6. The van der Waals surface area contributed by atoms with Gasteiger partial charge in [-0.25, -0.2) is 4.79 Å². The maximum absolute atomic E-state index is 13.3. The van der Waals surface area contributed by atoms with Crippen molar-refractivity contribution < 1.29 is 40.6 Å². The molecule has 0 radical (unpaired) electrons. The number of carbonyl (C=O) groups excluding carboxylic acids is 1. The molecule has 10 heteroatoms. The van der Waals surface area contributed by atoms with Crippen LogP contribution in [0.3, 0.4) is 0 Å². The molecule has 0 aromatic heterocycles. The summed E-state index contributed by atoms with van der Waals surface area (Å²) in [6.07, 6.45) is -10.6. The summed E-state index contributed by atoms with van der Waals surface area (Å²) in [5.74, 6) is 0. The first-order chi connectivity index (χ1) is 17.8. The zero-order valence-electron chi connectivity index (χ0n) is 20.3. The molecule has 3 aromatic rings. The third-order valence-corrected chi connectivity index (χ3v) is 5.82. The molecule has 0 aliphatic heterocycles. The highest BCUT2D eigenvalue weighted by Gasteiger charge is 2.38. The highest BCUT2D eigenvalue weighted by molar-refractivity contribution is 5.69. The van der Waals surface area contributed by atoms with E-state index in [0.29, 0.717) is 17.7 Å². The first kappa shape index (κ1) is 28.8. The van der Waals surface area contributed by atoms with E-state index in [1.54, 1.807) is 54.6 Å². The van der Waals surface area contributed by atoms with E-state index in [4.69, 9.17) is 9.47 Å². The zero-order chi connectivity index (χ0) is 28.0. The minimum atomic E-state index is -4.99. The monoisotopic (exact) mass is 537 g/mol. The van der Waals surface area contributed by atoms with Crippen molar-refractivity contribution in [2.75, 3.05) is 6.61 Å². The summed E-state index contributed by atoms with van der Waals surface area (Å²) in [5, 5.41) is 2.68. The predicted molar refractivity (Wildman–Crippen MR) is 129 cm³/mol. The van der Waals surface area contributed by atoms with Crippen molar-refractivity contribution in [2.24, 2.45) is 0 Å². The van der Waals surface area contributed by atoms with Crippen molar-refractivity contribution in [3.05, 3.63) is 119 Å². The normalized spacial score (nSPS) is 14.3. The van der Waals surface area contributed by atoms with Crippen LogP contribution in [0.5, 0.6) is 0 Å². The molecule has 2 atom stereocenters. The molecule has 0 heterocycles. The molecule has 0 fully saturated rings. The van der Waals surface area contributed by atoms with Crippen LogP contribution >= 0.6 is 0 Å². The second-order valence-corrected chi connectivity index (χ2v) is 8.52. The van der Waals surface area contributed by atoms with Crippen LogP contribution < -0.4 is 5.32 Å². The lowest BCUT2D eigenvalue weighted by atomic mass is 9.90. The van der Waals surface area contributed by atoms with E-state index in [1.807, 2.05) is 6.07 Å². The molecule has 0 saturated carbocycles. The van der Waals surface area contributed by atoms with Crippen LogP contribution in [-0.2, 0) is 34.0 Å². The molecule has 3 rings (SSSR count). The number of amides is 1. The molecule has 3 aromatic carbocycles. The Balaban J connectivity index is 1.85. The predicted octanol–water partition coefficient (Wildman–Crippen LogP) is 7.81. The van der Waals surface area contributed by atoms with Gasteiger partial charge in [0, 0.05) is 0 Å². The summed E-state index contributed by atoms with van der Waals surface area (Å²) in [4.78, 5) is 12.7. The Morgan fingerprint density at radius 3 is 1.89 bits per heavy atom. The van der Waals surface area contributed by atoms with Crippen molar-refractivity contribution in [3.8, 4) is 0 Å². The number of benzene rings is 3. The van der Waals surface area contributed by atoms with Gasteiger partial charge in [-0.3, -0.25) is 0 Å². The average molecular weight is 538 g/mol. The number of nitrogens with one attached hydrogen (secondary N) is 1. The molecule has 1 unspecified atom stereocenters. The maximum Gasteiger partial charge on any atom is 0.416 e. The SMILES string of the molecule is C=C[C@](COC(C)c1cc(C(F)(F)F)cc(C(F)(F)F)c1)(NC(=O)OCc1ccccc1)c1ccccc1. The van der Waals surface area contributed by atoms with Crippen molar-refractivity contribution in [3.63, 3.8) is 0 Å². The Morgan fingerprint density at radius 2 is 1.39 bits per heavy atom. The van der Waals surface area contributed by atoms with Gasteiger partial charge < -0.3 is 14.8 Å². The zero-order valence-corrected chi connectivity index (χ0v) is 20.3. The lowest BCUT2D eigenvalue weighted by molar-refractivity contribution is -0.143. The van der Waals surface area contributed by atoms with Crippen LogP contribution in [0.15, 0.2) is 91.5 Å². The molecule has 0 aliphatic carbocycles. The van der Waals surface area contributed by atoms with E-state index >= 15 is 0 Å². The molecule has 0 spiro atoms. The Labute approximate surface area is 215 Å². The number of halogens is 6. The van der Waals surface area contributed by atoms with E-state index in [2.05, 4.69) is 11.9 Å². The Kier molecular flexibility index (Phi) is 8.88. The Hall–Kier alpha value is -3.79.